The summed E-state index contributed by atoms with van der Waals surface area (Å²) in [6.07, 6.45) is 1.65. The molecule has 0 spiro atoms. The molecule has 4 heteroatoms. The Bertz CT molecular complexity index is 442. The Morgan fingerprint density at radius 1 is 1.14 bits per heavy atom. The SMILES string of the molecule is C=C(C)C(=O)OCCOC(=O)C1(CC(C)(C)C)CC1(C)C. The molecule has 1 saturated carbocycles. The topological polar surface area (TPSA) is 52.6 Å². The lowest BCUT2D eigenvalue weighted by atomic mass is 9.79. The largest absolute Gasteiger partial charge is 0.462 e. The van der Waals surface area contributed by atoms with Gasteiger partial charge < -0.3 is 9.47 Å². The van der Waals surface area contributed by atoms with Gasteiger partial charge in [-0.2, -0.15) is 0 Å². The molecule has 0 aromatic heterocycles. The van der Waals surface area contributed by atoms with E-state index in [1.807, 2.05) is 0 Å². The van der Waals surface area contributed by atoms with Crippen molar-refractivity contribution in [1.29, 1.82) is 0 Å². The molecule has 1 unspecified atom stereocenters. The number of carbonyl (C=O) groups excluding carboxylic acids is 2. The summed E-state index contributed by atoms with van der Waals surface area (Å²) in [5, 5.41) is 0. The lowest BCUT2D eigenvalue weighted by molar-refractivity contribution is -0.157. The highest BCUT2D eigenvalue weighted by Gasteiger charge is 2.67. The van der Waals surface area contributed by atoms with Crippen LogP contribution in [0.25, 0.3) is 0 Å². The Labute approximate surface area is 127 Å². The van der Waals surface area contributed by atoms with E-state index in [1.54, 1.807) is 6.92 Å². The molecule has 1 aliphatic carbocycles. The van der Waals surface area contributed by atoms with Gasteiger partial charge in [-0.25, -0.2) is 4.79 Å². The fourth-order valence-electron chi connectivity index (χ4n) is 2.87. The highest BCUT2D eigenvalue weighted by Crippen LogP contribution is 2.68. The zero-order valence-corrected chi connectivity index (χ0v) is 14.2. The zero-order chi connectivity index (χ0) is 16.5. The van der Waals surface area contributed by atoms with Crippen LogP contribution in [-0.4, -0.2) is 25.2 Å². The van der Waals surface area contributed by atoms with Crippen molar-refractivity contribution in [3.8, 4) is 0 Å². The van der Waals surface area contributed by atoms with E-state index < -0.39 is 11.4 Å². The summed E-state index contributed by atoms with van der Waals surface area (Å²) >= 11 is 0. The molecule has 1 aliphatic rings. The second-order valence-corrected chi connectivity index (χ2v) is 7.93. The third-order valence-corrected chi connectivity index (χ3v) is 4.04. The van der Waals surface area contributed by atoms with Crippen molar-refractivity contribution in [3.63, 3.8) is 0 Å². The van der Waals surface area contributed by atoms with Gasteiger partial charge in [-0.3, -0.25) is 4.79 Å². The Morgan fingerprint density at radius 2 is 1.62 bits per heavy atom. The molecule has 0 aliphatic heterocycles. The standard InChI is InChI=1S/C17H28O4/c1-12(2)13(18)20-8-9-21-14(19)17(10-15(3,4)5)11-16(17,6)7/h1,8-11H2,2-7H3. The fraction of sp³-hybridized carbons (Fsp3) is 0.765. The van der Waals surface area contributed by atoms with Gasteiger partial charge in [0.2, 0.25) is 0 Å². The van der Waals surface area contributed by atoms with Crippen LogP contribution in [0.2, 0.25) is 0 Å². The summed E-state index contributed by atoms with van der Waals surface area (Å²) in [4.78, 5) is 23.6. The molecule has 120 valence electrons. The maximum absolute atomic E-state index is 12.4. The second-order valence-electron chi connectivity index (χ2n) is 7.93. The van der Waals surface area contributed by atoms with Gasteiger partial charge in [0.15, 0.2) is 0 Å². The van der Waals surface area contributed by atoms with Crippen molar-refractivity contribution in [2.24, 2.45) is 16.2 Å². The minimum absolute atomic E-state index is 0.0221. The van der Waals surface area contributed by atoms with Gasteiger partial charge in [-0.1, -0.05) is 41.2 Å². The molecule has 1 fully saturated rings. The summed E-state index contributed by atoms with van der Waals surface area (Å²) in [7, 11) is 0. The first kappa shape index (κ1) is 17.7. The minimum Gasteiger partial charge on any atom is -0.462 e. The van der Waals surface area contributed by atoms with Crippen molar-refractivity contribution in [2.45, 2.75) is 54.4 Å². The van der Waals surface area contributed by atoms with Crippen LogP contribution in [0.5, 0.6) is 0 Å². The summed E-state index contributed by atoms with van der Waals surface area (Å²) < 4.78 is 10.3. The number of carbonyl (C=O) groups is 2. The molecular weight excluding hydrogens is 268 g/mol. The number of hydrogen-bond acceptors (Lipinski definition) is 4. The summed E-state index contributed by atoms with van der Waals surface area (Å²) in [6, 6.07) is 0. The molecule has 0 saturated heterocycles. The maximum atomic E-state index is 12.4. The van der Waals surface area contributed by atoms with E-state index in [2.05, 4.69) is 41.2 Å². The molecule has 1 atom stereocenters. The zero-order valence-electron chi connectivity index (χ0n) is 14.2. The quantitative estimate of drug-likeness (QED) is 0.427. The number of hydrogen-bond donors (Lipinski definition) is 0. The third kappa shape index (κ3) is 4.32. The smallest absolute Gasteiger partial charge is 0.333 e. The molecule has 0 amide bonds. The Balaban J connectivity index is 2.50. The first-order valence-electron chi connectivity index (χ1n) is 7.41. The number of esters is 2. The normalized spacial score (nSPS) is 23.3. The molecule has 21 heavy (non-hydrogen) atoms. The average molecular weight is 296 g/mol. The second kappa shape index (κ2) is 5.82. The Morgan fingerprint density at radius 3 is 2.00 bits per heavy atom. The molecule has 1 rings (SSSR count). The van der Waals surface area contributed by atoms with E-state index in [-0.39, 0.29) is 30.0 Å². The first-order chi connectivity index (χ1) is 9.41. The minimum atomic E-state index is -0.456. The Kier molecular flexibility index (Phi) is 4.91. The molecule has 0 heterocycles. The van der Waals surface area contributed by atoms with Crippen LogP contribution in [0, 0.1) is 16.2 Å². The predicted molar refractivity (Wildman–Crippen MR) is 81.6 cm³/mol. The van der Waals surface area contributed by atoms with Gasteiger partial charge in [0.25, 0.3) is 0 Å². The highest BCUT2D eigenvalue weighted by atomic mass is 16.6. The number of rotatable bonds is 6. The van der Waals surface area contributed by atoms with Gasteiger partial charge in [0, 0.05) is 5.57 Å². The average Bonchev–Trinajstić information content (AvgIpc) is 2.84. The lowest BCUT2D eigenvalue weighted by Gasteiger charge is -2.27. The lowest BCUT2D eigenvalue weighted by Crippen LogP contribution is -2.29. The molecular formula is C17H28O4. The summed E-state index contributed by atoms with van der Waals surface area (Å²) in [5.41, 5.74) is -0.0111. The fourth-order valence-corrected chi connectivity index (χ4v) is 2.87. The summed E-state index contributed by atoms with van der Waals surface area (Å²) in [6.45, 7) is 15.8. The maximum Gasteiger partial charge on any atom is 0.333 e. The van der Waals surface area contributed by atoms with E-state index in [0.717, 1.165) is 12.8 Å². The molecule has 0 radical (unpaired) electrons. The van der Waals surface area contributed by atoms with Gasteiger partial charge in [-0.15, -0.1) is 0 Å². The van der Waals surface area contributed by atoms with Crippen LogP contribution >= 0.6 is 0 Å². The van der Waals surface area contributed by atoms with E-state index in [0.29, 0.717) is 5.57 Å². The summed E-state index contributed by atoms with van der Waals surface area (Å²) in [5.74, 6) is -0.629. The van der Waals surface area contributed by atoms with Crippen LogP contribution in [0.4, 0.5) is 0 Å². The third-order valence-electron chi connectivity index (χ3n) is 4.04. The van der Waals surface area contributed by atoms with E-state index in [1.165, 1.54) is 0 Å². The van der Waals surface area contributed by atoms with E-state index >= 15 is 0 Å². The van der Waals surface area contributed by atoms with Crippen LogP contribution < -0.4 is 0 Å². The van der Waals surface area contributed by atoms with Crippen molar-refractivity contribution < 1.29 is 19.1 Å². The predicted octanol–water partition coefficient (Wildman–Crippen LogP) is 3.50. The van der Waals surface area contributed by atoms with Crippen molar-refractivity contribution in [3.05, 3.63) is 12.2 Å². The molecule has 0 aromatic rings. The van der Waals surface area contributed by atoms with E-state index in [9.17, 15) is 9.59 Å². The molecule has 0 bridgehead atoms. The van der Waals surface area contributed by atoms with Gasteiger partial charge in [-0.05, 0) is 30.6 Å². The number of ether oxygens (including phenoxy) is 2. The molecule has 4 nitrogen and oxygen atoms in total. The van der Waals surface area contributed by atoms with Crippen LogP contribution in [0.3, 0.4) is 0 Å². The van der Waals surface area contributed by atoms with Gasteiger partial charge >= 0.3 is 11.9 Å². The molecule has 0 N–H and O–H groups in total. The van der Waals surface area contributed by atoms with Gasteiger partial charge in [0.05, 0.1) is 5.41 Å². The van der Waals surface area contributed by atoms with Crippen molar-refractivity contribution in [2.75, 3.05) is 13.2 Å². The first-order valence-corrected chi connectivity index (χ1v) is 7.41. The van der Waals surface area contributed by atoms with Gasteiger partial charge in [0.1, 0.15) is 13.2 Å². The monoisotopic (exact) mass is 296 g/mol. The Hall–Kier alpha value is -1.32. The van der Waals surface area contributed by atoms with Crippen LogP contribution in [-0.2, 0) is 19.1 Å². The van der Waals surface area contributed by atoms with Crippen LogP contribution in [0.15, 0.2) is 12.2 Å². The van der Waals surface area contributed by atoms with E-state index in [4.69, 9.17) is 9.47 Å². The van der Waals surface area contributed by atoms with Crippen LogP contribution in [0.1, 0.15) is 54.4 Å². The highest BCUT2D eigenvalue weighted by molar-refractivity contribution is 5.87. The van der Waals surface area contributed by atoms with Crippen molar-refractivity contribution >= 4 is 11.9 Å². The van der Waals surface area contributed by atoms with Crippen molar-refractivity contribution in [1.82, 2.24) is 0 Å². The molecule has 0 aromatic carbocycles.